The molecule has 0 aliphatic carbocycles. The number of imidazole rings is 1. The number of hydrogen-bond donors (Lipinski definition) is 0. The fourth-order valence-electron chi connectivity index (χ4n) is 3.48. The van der Waals surface area contributed by atoms with E-state index in [-0.39, 0.29) is 0 Å². The highest BCUT2D eigenvalue weighted by atomic mass is 16.5. The molecule has 1 aliphatic rings. The molecule has 3 heterocycles. The molecule has 0 fully saturated rings. The first-order valence-electron chi connectivity index (χ1n) is 8.75. The first-order valence-corrected chi connectivity index (χ1v) is 8.75. The summed E-state index contributed by atoms with van der Waals surface area (Å²) in [5.74, 6) is 1.76. The molecule has 5 rings (SSSR count). The molecule has 0 bridgehead atoms. The second kappa shape index (κ2) is 6.40. The smallest absolute Gasteiger partial charge is 0.228 e. The highest BCUT2D eigenvalue weighted by Gasteiger charge is 2.27. The van der Waals surface area contributed by atoms with E-state index in [0.29, 0.717) is 6.67 Å². The molecule has 0 unspecified atom stereocenters. The minimum atomic E-state index is 0.688. The Morgan fingerprint density at radius 3 is 2.52 bits per heavy atom. The maximum atomic E-state index is 5.26. The molecule has 0 N–H and O–H groups in total. The summed E-state index contributed by atoms with van der Waals surface area (Å²) in [6, 6.07) is 16.4. The molecule has 27 heavy (non-hydrogen) atoms. The number of benzene rings is 2. The van der Waals surface area contributed by atoms with Crippen LogP contribution in [0.3, 0.4) is 0 Å². The first-order chi connectivity index (χ1) is 13.3. The van der Waals surface area contributed by atoms with Crippen molar-refractivity contribution in [3.63, 3.8) is 0 Å². The van der Waals surface area contributed by atoms with Crippen LogP contribution in [0.2, 0.25) is 0 Å². The molecule has 0 saturated carbocycles. The van der Waals surface area contributed by atoms with Gasteiger partial charge in [0.15, 0.2) is 0 Å². The van der Waals surface area contributed by atoms with Crippen LogP contribution < -0.4 is 9.75 Å². The third-order valence-electron chi connectivity index (χ3n) is 4.79. The van der Waals surface area contributed by atoms with Gasteiger partial charge in [-0.05, 0) is 29.8 Å². The second-order valence-corrected chi connectivity index (χ2v) is 6.53. The molecule has 8 nitrogen and oxygen atoms in total. The van der Waals surface area contributed by atoms with Crippen molar-refractivity contribution in [1.29, 1.82) is 0 Å². The lowest BCUT2D eigenvalue weighted by atomic mass is 10.2. The molecule has 1 aliphatic heterocycles. The van der Waals surface area contributed by atoms with Crippen LogP contribution in [0.25, 0.3) is 11.0 Å². The summed E-state index contributed by atoms with van der Waals surface area (Å²) < 4.78 is 9.36. The Bertz CT molecular complexity index is 1060. The zero-order valence-corrected chi connectivity index (χ0v) is 14.9. The van der Waals surface area contributed by atoms with E-state index in [1.54, 1.807) is 19.8 Å². The third kappa shape index (κ3) is 2.80. The normalized spacial score (nSPS) is 14.5. The van der Waals surface area contributed by atoms with Crippen molar-refractivity contribution in [3.05, 3.63) is 66.7 Å². The molecule has 0 radical (unpaired) electrons. The lowest BCUT2D eigenvalue weighted by Crippen LogP contribution is -2.46. The van der Waals surface area contributed by atoms with Gasteiger partial charge in [-0.3, -0.25) is 9.47 Å². The lowest BCUT2D eigenvalue weighted by molar-refractivity contribution is 0.183. The zero-order chi connectivity index (χ0) is 18.2. The summed E-state index contributed by atoms with van der Waals surface area (Å²) >= 11 is 0. The first kappa shape index (κ1) is 15.8. The van der Waals surface area contributed by atoms with E-state index in [1.165, 1.54) is 5.56 Å². The zero-order valence-electron chi connectivity index (χ0n) is 14.9. The SMILES string of the molecule is COc1ccc(CN2CN(n3cnnc3)c3nc4ccccc4n3C2)cc1. The van der Waals surface area contributed by atoms with Crippen LogP contribution >= 0.6 is 0 Å². The fourth-order valence-corrected chi connectivity index (χ4v) is 3.48. The average molecular weight is 361 g/mol. The fraction of sp³-hybridized carbons (Fsp3) is 0.211. The van der Waals surface area contributed by atoms with Gasteiger partial charge in [-0.25, -0.2) is 14.7 Å². The molecule has 2 aromatic carbocycles. The molecular formula is C19H19N7O. The summed E-state index contributed by atoms with van der Waals surface area (Å²) in [5, 5.41) is 9.98. The largest absolute Gasteiger partial charge is 0.497 e. The van der Waals surface area contributed by atoms with Crippen molar-refractivity contribution in [3.8, 4) is 5.75 Å². The van der Waals surface area contributed by atoms with Crippen LogP contribution in [0.4, 0.5) is 5.95 Å². The van der Waals surface area contributed by atoms with E-state index in [2.05, 4.69) is 42.9 Å². The van der Waals surface area contributed by atoms with E-state index in [9.17, 15) is 0 Å². The molecule has 136 valence electrons. The van der Waals surface area contributed by atoms with Gasteiger partial charge in [0.25, 0.3) is 0 Å². The number of methoxy groups -OCH3 is 1. The maximum Gasteiger partial charge on any atom is 0.228 e. The minimum absolute atomic E-state index is 0.688. The Labute approximate surface area is 156 Å². The third-order valence-corrected chi connectivity index (χ3v) is 4.79. The Balaban J connectivity index is 1.51. The molecule has 0 atom stereocenters. The predicted molar refractivity (Wildman–Crippen MR) is 101 cm³/mol. The van der Waals surface area contributed by atoms with Crippen molar-refractivity contribution < 1.29 is 4.74 Å². The topological polar surface area (TPSA) is 64.2 Å². The summed E-state index contributed by atoms with van der Waals surface area (Å²) in [7, 11) is 1.68. The number of rotatable bonds is 4. The molecule has 0 spiro atoms. The van der Waals surface area contributed by atoms with Gasteiger partial charge in [-0.1, -0.05) is 24.3 Å². The molecule has 4 aromatic rings. The van der Waals surface area contributed by atoms with Gasteiger partial charge in [0.05, 0.1) is 31.5 Å². The van der Waals surface area contributed by atoms with Crippen molar-refractivity contribution in [2.75, 3.05) is 18.8 Å². The highest BCUT2D eigenvalue weighted by Crippen LogP contribution is 2.28. The van der Waals surface area contributed by atoms with Gasteiger partial charge in [-0.2, -0.15) is 0 Å². The molecule has 2 aromatic heterocycles. The van der Waals surface area contributed by atoms with Gasteiger partial charge in [0, 0.05) is 6.54 Å². The number of aromatic nitrogens is 5. The van der Waals surface area contributed by atoms with Crippen LogP contribution in [0.15, 0.2) is 61.2 Å². The summed E-state index contributed by atoms with van der Waals surface area (Å²) in [6.07, 6.45) is 3.39. The average Bonchev–Trinajstić information content (AvgIpc) is 3.36. The molecule has 8 heteroatoms. The number of nitrogens with zero attached hydrogens (tertiary/aromatic N) is 7. The monoisotopic (exact) mass is 361 g/mol. The molecule has 0 saturated heterocycles. The Morgan fingerprint density at radius 2 is 1.74 bits per heavy atom. The molecule has 0 amide bonds. The van der Waals surface area contributed by atoms with Gasteiger partial charge in [-0.15, -0.1) is 10.2 Å². The number of anilines is 1. The van der Waals surface area contributed by atoms with Crippen molar-refractivity contribution >= 4 is 17.0 Å². The van der Waals surface area contributed by atoms with Gasteiger partial charge < -0.3 is 4.74 Å². The Morgan fingerprint density at radius 1 is 0.963 bits per heavy atom. The predicted octanol–water partition coefficient (Wildman–Crippen LogP) is 2.34. The summed E-state index contributed by atoms with van der Waals surface area (Å²) in [6.45, 7) is 2.27. The van der Waals surface area contributed by atoms with Gasteiger partial charge >= 0.3 is 0 Å². The Kier molecular flexibility index (Phi) is 3.75. The summed E-state index contributed by atoms with van der Waals surface area (Å²) in [5.41, 5.74) is 3.33. The molecular weight excluding hydrogens is 342 g/mol. The van der Waals surface area contributed by atoms with E-state index in [0.717, 1.165) is 35.9 Å². The van der Waals surface area contributed by atoms with E-state index >= 15 is 0 Å². The second-order valence-electron chi connectivity index (χ2n) is 6.53. The maximum absolute atomic E-state index is 5.26. The number of hydrogen-bond acceptors (Lipinski definition) is 6. The van der Waals surface area contributed by atoms with Crippen LogP contribution in [-0.4, -0.2) is 43.1 Å². The van der Waals surface area contributed by atoms with Crippen LogP contribution in [0.1, 0.15) is 5.56 Å². The number of fused-ring (bicyclic) bond motifs is 3. The quantitative estimate of drug-likeness (QED) is 0.556. The van der Waals surface area contributed by atoms with E-state index in [1.807, 2.05) is 35.0 Å². The van der Waals surface area contributed by atoms with Crippen molar-refractivity contribution in [1.82, 2.24) is 29.3 Å². The lowest BCUT2D eigenvalue weighted by Gasteiger charge is -2.36. The van der Waals surface area contributed by atoms with E-state index < -0.39 is 0 Å². The number of ether oxygens (including phenoxy) is 1. The minimum Gasteiger partial charge on any atom is -0.497 e. The Hall–Kier alpha value is -3.39. The van der Waals surface area contributed by atoms with Gasteiger partial charge in [0.1, 0.15) is 18.4 Å². The van der Waals surface area contributed by atoms with Crippen LogP contribution in [-0.2, 0) is 13.2 Å². The summed E-state index contributed by atoms with van der Waals surface area (Å²) in [4.78, 5) is 7.17. The standard InChI is InChI=1S/C19H19N7O/c1-27-16-8-6-15(7-9-16)10-23-13-25-18-5-3-2-4-17(18)22-19(25)26(14-23)24-11-20-21-12-24/h2-9,11-12H,10,13-14H2,1H3. The van der Waals surface area contributed by atoms with Crippen molar-refractivity contribution in [2.24, 2.45) is 0 Å². The van der Waals surface area contributed by atoms with E-state index in [4.69, 9.17) is 9.72 Å². The van der Waals surface area contributed by atoms with Crippen molar-refractivity contribution in [2.45, 2.75) is 13.2 Å². The van der Waals surface area contributed by atoms with Gasteiger partial charge in [0.2, 0.25) is 5.95 Å². The highest BCUT2D eigenvalue weighted by molar-refractivity contribution is 5.79. The van der Waals surface area contributed by atoms with Crippen LogP contribution in [0, 0.1) is 0 Å². The number of para-hydroxylation sites is 2. The van der Waals surface area contributed by atoms with Crippen LogP contribution in [0.5, 0.6) is 5.75 Å².